The molecule has 0 bridgehead atoms. The van der Waals surface area contributed by atoms with E-state index < -0.39 is 10.0 Å². The standard InChI is InChI=1S/C19H22N6O3S2/c1-12-11-13(2)22-18(21-12)24-30(27,28)16-7-5-15(6-8-16)23-17(26)14(3)29-19-20-9-10-25(19)4/h5-11,14H,1-4H3,(H,23,26)(H,21,22,24). The van der Waals surface area contributed by atoms with E-state index in [-0.39, 0.29) is 22.0 Å². The molecule has 30 heavy (non-hydrogen) atoms. The number of imidazole rings is 1. The maximum absolute atomic E-state index is 12.6. The van der Waals surface area contributed by atoms with Gasteiger partial charge in [-0.2, -0.15) is 0 Å². The second kappa shape index (κ2) is 8.84. The minimum absolute atomic E-state index is 0.0185. The van der Waals surface area contributed by atoms with Crippen LogP contribution < -0.4 is 10.0 Å². The van der Waals surface area contributed by atoms with Crippen molar-refractivity contribution in [2.75, 3.05) is 10.0 Å². The summed E-state index contributed by atoms with van der Waals surface area (Å²) >= 11 is 1.34. The molecule has 1 unspecified atom stereocenters. The van der Waals surface area contributed by atoms with E-state index >= 15 is 0 Å². The third kappa shape index (κ3) is 5.36. The molecule has 3 rings (SSSR count). The number of carbonyl (C=O) groups excluding carboxylic acids is 1. The van der Waals surface area contributed by atoms with E-state index in [1.807, 2.05) is 17.8 Å². The van der Waals surface area contributed by atoms with Gasteiger partial charge in [0.2, 0.25) is 11.9 Å². The largest absolute Gasteiger partial charge is 0.329 e. The third-order valence-corrected chi connectivity index (χ3v) is 6.58. The maximum atomic E-state index is 12.6. The van der Waals surface area contributed by atoms with E-state index in [9.17, 15) is 13.2 Å². The maximum Gasteiger partial charge on any atom is 0.264 e. The van der Waals surface area contributed by atoms with Crippen LogP contribution in [0.15, 0.2) is 52.8 Å². The van der Waals surface area contributed by atoms with Crippen molar-refractivity contribution in [1.82, 2.24) is 19.5 Å². The average Bonchev–Trinajstić information content (AvgIpc) is 3.05. The first-order chi connectivity index (χ1) is 14.1. The van der Waals surface area contributed by atoms with Gasteiger partial charge in [-0.1, -0.05) is 11.8 Å². The first-order valence-corrected chi connectivity index (χ1v) is 11.4. The van der Waals surface area contributed by atoms with Crippen LogP contribution in [0.1, 0.15) is 18.3 Å². The molecule has 0 saturated carbocycles. The molecule has 0 aliphatic carbocycles. The van der Waals surface area contributed by atoms with Crippen molar-refractivity contribution in [3.63, 3.8) is 0 Å². The number of nitrogens with one attached hydrogen (secondary N) is 2. The molecule has 0 radical (unpaired) electrons. The van der Waals surface area contributed by atoms with E-state index in [1.165, 1.54) is 36.0 Å². The molecule has 0 aliphatic heterocycles. The molecule has 0 spiro atoms. The highest BCUT2D eigenvalue weighted by Gasteiger charge is 2.19. The van der Waals surface area contributed by atoms with Crippen LogP contribution in [0.3, 0.4) is 0 Å². The summed E-state index contributed by atoms with van der Waals surface area (Å²) in [5.74, 6) is -0.189. The van der Waals surface area contributed by atoms with Gasteiger partial charge in [-0.05, 0) is 51.1 Å². The van der Waals surface area contributed by atoms with Gasteiger partial charge in [-0.25, -0.2) is 28.1 Å². The summed E-state index contributed by atoms with van der Waals surface area (Å²) < 4.78 is 29.4. The van der Waals surface area contributed by atoms with Gasteiger partial charge in [-0.15, -0.1) is 0 Å². The molecular formula is C19H22N6O3S2. The number of rotatable bonds is 7. The number of anilines is 2. The lowest BCUT2D eigenvalue weighted by Crippen LogP contribution is -2.23. The van der Waals surface area contributed by atoms with E-state index in [1.54, 1.807) is 33.0 Å². The first-order valence-electron chi connectivity index (χ1n) is 9.04. The number of sulfonamides is 1. The molecule has 2 heterocycles. The van der Waals surface area contributed by atoms with Crippen LogP contribution in [-0.4, -0.2) is 39.1 Å². The van der Waals surface area contributed by atoms with Gasteiger partial charge in [0.25, 0.3) is 10.0 Å². The minimum Gasteiger partial charge on any atom is -0.329 e. The Morgan fingerprint density at radius 1 is 1.13 bits per heavy atom. The number of amides is 1. The highest BCUT2D eigenvalue weighted by atomic mass is 32.2. The Bertz CT molecular complexity index is 1140. The number of carbonyl (C=O) groups is 1. The van der Waals surface area contributed by atoms with Crippen molar-refractivity contribution in [2.45, 2.75) is 36.1 Å². The zero-order chi connectivity index (χ0) is 21.9. The Morgan fingerprint density at radius 2 is 1.77 bits per heavy atom. The highest BCUT2D eigenvalue weighted by molar-refractivity contribution is 8.00. The van der Waals surface area contributed by atoms with Crippen LogP contribution in [0.2, 0.25) is 0 Å². The summed E-state index contributed by atoms with van der Waals surface area (Å²) in [4.78, 5) is 24.8. The van der Waals surface area contributed by atoms with E-state index in [0.717, 1.165) is 5.16 Å². The molecule has 2 aromatic heterocycles. The van der Waals surface area contributed by atoms with Crippen LogP contribution in [0.5, 0.6) is 0 Å². The summed E-state index contributed by atoms with van der Waals surface area (Å²) in [6.07, 6.45) is 3.48. The molecule has 2 N–H and O–H groups in total. The van der Waals surface area contributed by atoms with E-state index in [2.05, 4.69) is 25.0 Å². The van der Waals surface area contributed by atoms with Crippen molar-refractivity contribution < 1.29 is 13.2 Å². The van der Waals surface area contributed by atoms with Gasteiger partial charge < -0.3 is 9.88 Å². The predicted molar refractivity (Wildman–Crippen MR) is 116 cm³/mol. The SMILES string of the molecule is Cc1cc(C)nc(NS(=O)(=O)c2ccc(NC(=O)C(C)Sc3nccn3C)cc2)n1. The van der Waals surface area contributed by atoms with Crippen molar-refractivity contribution in [1.29, 1.82) is 0 Å². The number of hydrogen-bond donors (Lipinski definition) is 2. The van der Waals surface area contributed by atoms with Crippen LogP contribution in [-0.2, 0) is 21.9 Å². The van der Waals surface area contributed by atoms with Gasteiger partial charge in [0.15, 0.2) is 5.16 Å². The lowest BCUT2D eigenvalue weighted by atomic mass is 10.3. The quantitative estimate of drug-likeness (QED) is 0.536. The Morgan fingerprint density at radius 3 is 2.33 bits per heavy atom. The van der Waals surface area contributed by atoms with Gasteiger partial charge >= 0.3 is 0 Å². The summed E-state index contributed by atoms with van der Waals surface area (Å²) in [7, 11) is -1.99. The summed E-state index contributed by atoms with van der Waals surface area (Å²) in [6, 6.07) is 7.65. The average molecular weight is 447 g/mol. The number of hydrogen-bond acceptors (Lipinski definition) is 7. The lowest BCUT2D eigenvalue weighted by molar-refractivity contribution is -0.115. The minimum atomic E-state index is -3.85. The number of thioether (sulfide) groups is 1. The molecule has 158 valence electrons. The zero-order valence-electron chi connectivity index (χ0n) is 16.9. The molecule has 1 amide bonds. The van der Waals surface area contributed by atoms with E-state index in [4.69, 9.17) is 0 Å². The molecule has 0 fully saturated rings. The number of nitrogens with zero attached hydrogens (tertiary/aromatic N) is 4. The Hall–Kier alpha value is -2.92. The van der Waals surface area contributed by atoms with Crippen LogP contribution in [0, 0.1) is 13.8 Å². The number of aryl methyl sites for hydroxylation is 3. The third-order valence-electron chi connectivity index (χ3n) is 4.07. The number of benzene rings is 1. The van der Waals surface area contributed by atoms with Crippen LogP contribution in [0.25, 0.3) is 0 Å². The molecular weight excluding hydrogens is 424 g/mol. The molecule has 0 aliphatic rings. The highest BCUT2D eigenvalue weighted by Crippen LogP contribution is 2.23. The monoisotopic (exact) mass is 446 g/mol. The normalized spacial score (nSPS) is 12.4. The van der Waals surface area contributed by atoms with Crippen molar-refractivity contribution in [2.24, 2.45) is 7.05 Å². The summed E-state index contributed by atoms with van der Waals surface area (Å²) in [5, 5.41) is 3.14. The second-order valence-corrected chi connectivity index (χ2v) is 9.66. The lowest BCUT2D eigenvalue weighted by Gasteiger charge is -2.12. The Kier molecular flexibility index (Phi) is 6.42. The fourth-order valence-corrected chi connectivity index (χ4v) is 4.36. The van der Waals surface area contributed by atoms with Crippen molar-refractivity contribution in [3.05, 3.63) is 54.1 Å². The molecule has 0 saturated heterocycles. The smallest absolute Gasteiger partial charge is 0.264 e. The molecule has 3 aromatic rings. The first kappa shape index (κ1) is 21.8. The van der Waals surface area contributed by atoms with Gasteiger partial charge in [-0.3, -0.25) is 4.79 Å². The topological polar surface area (TPSA) is 119 Å². The summed E-state index contributed by atoms with van der Waals surface area (Å²) in [5.41, 5.74) is 1.82. The molecule has 1 atom stereocenters. The van der Waals surface area contributed by atoms with E-state index in [0.29, 0.717) is 17.1 Å². The fraction of sp³-hybridized carbons (Fsp3) is 0.263. The van der Waals surface area contributed by atoms with Gasteiger partial charge in [0.05, 0.1) is 10.1 Å². The Labute approximate surface area is 179 Å². The van der Waals surface area contributed by atoms with Crippen molar-refractivity contribution >= 4 is 39.3 Å². The molecule has 1 aromatic carbocycles. The zero-order valence-corrected chi connectivity index (χ0v) is 18.6. The number of aromatic nitrogens is 4. The second-order valence-electron chi connectivity index (χ2n) is 6.67. The summed E-state index contributed by atoms with van der Waals surface area (Å²) in [6.45, 7) is 5.30. The van der Waals surface area contributed by atoms with Gasteiger partial charge in [0.1, 0.15) is 0 Å². The fourth-order valence-electron chi connectivity index (χ4n) is 2.59. The van der Waals surface area contributed by atoms with Crippen LogP contribution in [0.4, 0.5) is 11.6 Å². The predicted octanol–water partition coefficient (Wildman–Crippen LogP) is 2.75. The molecule has 11 heteroatoms. The molecule has 9 nitrogen and oxygen atoms in total. The van der Waals surface area contributed by atoms with Crippen LogP contribution >= 0.6 is 11.8 Å². The van der Waals surface area contributed by atoms with Gasteiger partial charge in [0, 0.05) is 36.5 Å². The Balaban J connectivity index is 1.66. The van der Waals surface area contributed by atoms with Crippen molar-refractivity contribution in [3.8, 4) is 0 Å².